The van der Waals surface area contributed by atoms with E-state index in [9.17, 15) is 12.8 Å². The molecule has 0 atom stereocenters. The van der Waals surface area contributed by atoms with Crippen molar-refractivity contribution in [3.05, 3.63) is 52.8 Å². The minimum atomic E-state index is -3.82. The number of para-hydroxylation sites is 1. The highest BCUT2D eigenvalue weighted by Crippen LogP contribution is 2.30. The Morgan fingerprint density at radius 1 is 1.20 bits per heavy atom. The van der Waals surface area contributed by atoms with Crippen molar-refractivity contribution in [2.75, 3.05) is 17.1 Å². The van der Waals surface area contributed by atoms with Crippen LogP contribution in [0.15, 0.2) is 51.8 Å². The Balaban J connectivity index is 2.54. The summed E-state index contributed by atoms with van der Waals surface area (Å²) in [4.78, 5) is -0.0808. The van der Waals surface area contributed by atoms with Gasteiger partial charge in [-0.05, 0) is 40.2 Å². The normalized spacial score (nSPS) is 11.3. The Kier molecular flexibility index (Phi) is 4.01. The number of nitrogen functional groups attached to an aromatic ring is 1. The third-order valence-electron chi connectivity index (χ3n) is 2.81. The summed E-state index contributed by atoms with van der Waals surface area (Å²) >= 11 is 3.06. The zero-order valence-corrected chi connectivity index (χ0v) is 12.9. The van der Waals surface area contributed by atoms with Gasteiger partial charge in [-0.3, -0.25) is 4.31 Å². The lowest BCUT2D eigenvalue weighted by molar-refractivity contribution is 0.592. The van der Waals surface area contributed by atoms with Crippen molar-refractivity contribution in [2.45, 2.75) is 4.90 Å². The third kappa shape index (κ3) is 2.64. The molecule has 0 unspecified atom stereocenters. The number of halogens is 2. The maximum absolute atomic E-state index is 13.3. The topological polar surface area (TPSA) is 63.4 Å². The molecular formula is C13H12BrFN2O2S. The van der Waals surface area contributed by atoms with Crippen LogP contribution in [0.25, 0.3) is 0 Å². The molecule has 0 saturated heterocycles. The largest absolute Gasteiger partial charge is 0.396 e. The molecule has 0 spiro atoms. The molecule has 0 fully saturated rings. The van der Waals surface area contributed by atoms with E-state index in [-0.39, 0.29) is 15.1 Å². The molecule has 0 aliphatic carbocycles. The lowest BCUT2D eigenvalue weighted by Crippen LogP contribution is -2.27. The fourth-order valence-corrected chi connectivity index (χ4v) is 3.87. The first-order chi connectivity index (χ1) is 9.34. The molecule has 2 N–H and O–H groups in total. The summed E-state index contributed by atoms with van der Waals surface area (Å²) in [5.41, 5.74) is 5.73. The first kappa shape index (κ1) is 14.8. The summed E-state index contributed by atoms with van der Waals surface area (Å²) in [6.07, 6.45) is 0. The van der Waals surface area contributed by atoms with Crippen molar-refractivity contribution in [1.29, 1.82) is 0 Å². The third-order valence-corrected chi connectivity index (χ3v) is 5.55. The molecule has 0 heterocycles. The summed E-state index contributed by atoms with van der Waals surface area (Å²) in [7, 11) is -2.39. The van der Waals surface area contributed by atoms with Gasteiger partial charge in [0.2, 0.25) is 0 Å². The molecule has 7 heteroatoms. The summed E-state index contributed by atoms with van der Waals surface area (Å²) in [6.45, 7) is 0. The van der Waals surface area contributed by atoms with Crippen LogP contribution in [0, 0.1) is 5.82 Å². The van der Waals surface area contributed by atoms with Crippen LogP contribution < -0.4 is 10.0 Å². The van der Waals surface area contributed by atoms with Crippen LogP contribution in [-0.2, 0) is 10.0 Å². The predicted molar refractivity (Wildman–Crippen MR) is 80.5 cm³/mol. The van der Waals surface area contributed by atoms with Crippen molar-refractivity contribution in [3.8, 4) is 0 Å². The fraction of sp³-hybridized carbons (Fsp3) is 0.0769. The van der Waals surface area contributed by atoms with E-state index in [2.05, 4.69) is 15.9 Å². The Labute approximate surface area is 125 Å². The van der Waals surface area contributed by atoms with Crippen LogP contribution in [-0.4, -0.2) is 15.5 Å². The molecule has 2 rings (SSSR count). The van der Waals surface area contributed by atoms with Crippen molar-refractivity contribution in [3.63, 3.8) is 0 Å². The Hall–Kier alpha value is -1.60. The molecule has 2 aromatic carbocycles. The zero-order valence-electron chi connectivity index (χ0n) is 10.5. The molecule has 4 nitrogen and oxygen atoms in total. The minimum absolute atomic E-state index is 0.0808. The van der Waals surface area contributed by atoms with Crippen molar-refractivity contribution in [2.24, 2.45) is 0 Å². The van der Waals surface area contributed by atoms with E-state index in [1.54, 1.807) is 30.3 Å². The molecule has 2 aromatic rings. The lowest BCUT2D eigenvalue weighted by Gasteiger charge is -2.20. The van der Waals surface area contributed by atoms with Gasteiger partial charge < -0.3 is 5.73 Å². The van der Waals surface area contributed by atoms with Crippen LogP contribution >= 0.6 is 15.9 Å². The van der Waals surface area contributed by atoms with E-state index in [0.717, 1.165) is 16.4 Å². The second-order valence-electron chi connectivity index (χ2n) is 4.11. The second kappa shape index (κ2) is 5.41. The monoisotopic (exact) mass is 358 g/mol. The van der Waals surface area contributed by atoms with Gasteiger partial charge in [0.15, 0.2) is 0 Å². The first-order valence-corrected chi connectivity index (χ1v) is 7.86. The predicted octanol–water partition coefficient (Wildman–Crippen LogP) is 3.00. The Bertz CT molecular complexity index is 736. The van der Waals surface area contributed by atoms with E-state index in [4.69, 9.17) is 5.73 Å². The average molecular weight is 359 g/mol. The summed E-state index contributed by atoms with van der Waals surface area (Å²) < 4.78 is 39.6. The van der Waals surface area contributed by atoms with E-state index in [1.165, 1.54) is 7.05 Å². The second-order valence-corrected chi connectivity index (χ2v) is 6.90. The highest BCUT2D eigenvalue weighted by molar-refractivity contribution is 9.10. The van der Waals surface area contributed by atoms with Gasteiger partial charge in [-0.1, -0.05) is 18.2 Å². The van der Waals surface area contributed by atoms with Gasteiger partial charge in [0.1, 0.15) is 10.7 Å². The van der Waals surface area contributed by atoms with Crippen molar-refractivity contribution >= 4 is 37.3 Å². The van der Waals surface area contributed by atoms with E-state index >= 15 is 0 Å². The summed E-state index contributed by atoms with van der Waals surface area (Å²) in [5, 5.41) is 0. The smallest absolute Gasteiger partial charge is 0.265 e. The number of hydrogen-bond donors (Lipinski definition) is 1. The van der Waals surface area contributed by atoms with Gasteiger partial charge in [-0.2, -0.15) is 0 Å². The van der Waals surface area contributed by atoms with E-state index in [0.29, 0.717) is 5.69 Å². The first-order valence-electron chi connectivity index (χ1n) is 5.62. The van der Waals surface area contributed by atoms with E-state index in [1.807, 2.05) is 0 Å². The van der Waals surface area contributed by atoms with Crippen LogP contribution in [0.2, 0.25) is 0 Å². The molecule has 0 radical (unpaired) electrons. The average Bonchev–Trinajstić information content (AvgIpc) is 2.42. The quantitative estimate of drug-likeness (QED) is 0.857. The number of hydrogen-bond acceptors (Lipinski definition) is 3. The Morgan fingerprint density at radius 3 is 2.40 bits per heavy atom. The molecular weight excluding hydrogens is 347 g/mol. The van der Waals surface area contributed by atoms with Crippen molar-refractivity contribution in [1.82, 2.24) is 0 Å². The molecule has 106 valence electrons. The maximum Gasteiger partial charge on any atom is 0.265 e. The van der Waals surface area contributed by atoms with Gasteiger partial charge >= 0.3 is 0 Å². The number of sulfonamides is 1. The van der Waals surface area contributed by atoms with E-state index < -0.39 is 15.8 Å². The molecule has 20 heavy (non-hydrogen) atoms. The van der Waals surface area contributed by atoms with Crippen LogP contribution in [0.3, 0.4) is 0 Å². The van der Waals surface area contributed by atoms with Gasteiger partial charge in [-0.15, -0.1) is 0 Å². The highest BCUT2D eigenvalue weighted by Gasteiger charge is 2.25. The zero-order chi connectivity index (χ0) is 14.9. The van der Waals surface area contributed by atoms with Gasteiger partial charge in [0.05, 0.1) is 11.4 Å². The van der Waals surface area contributed by atoms with Gasteiger partial charge in [0, 0.05) is 11.5 Å². The van der Waals surface area contributed by atoms with Gasteiger partial charge in [-0.25, -0.2) is 12.8 Å². The van der Waals surface area contributed by atoms with Crippen molar-refractivity contribution < 1.29 is 12.8 Å². The number of nitrogens with zero attached hydrogens (tertiary/aromatic N) is 1. The number of anilines is 2. The van der Waals surface area contributed by atoms with Gasteiger partial charge in [0.25, 0.3) is 10.0 Å². The lowest BCUT2D eigenvalue weighted by atomic mass is 10.3. The molecule has 0 amide bonds. The maximum atomic E-state index is 13.3. The summed E-state index contributed by atoms with van der Waals surface area (Å²) in [5.74, 6) is -0.668. The van der Waals surface area contributed by atoms with Crippen LogP contribution in [0.4, 0.5) is 15.8 Å². The number of benzene rings is 2. The fourth-order valence-electron chi connectivity index (χ4n) is 1.67. The number of rotatable bonds is 3. The molecule has 0 aliphatic rings. The molecule has 0 aliphatic heterocycles. The Morgan fingerprint density at radius 2 is 1.80 bits per heavy atom. The highest BCUT2D eigenvalue weighted by atomic mass is 79.9. The standard InChI is InChI=1S/C13H12BrFN2O2S/c1-17(9-5-3-2-4-6-9)20(18,19)13-8-12(16)11(15)7-10(13)14/h2-8H,16H2,1H3. The number of nitrogens with two attached hydrogens (primary N) is 1. The van der Waals surface area contributed by atoms with Crippen LogP contribution in [0.5, 0.6) is 0 Å². The minimum Gasteiger partial charge on any atom is -0.396 e. The molecule has 0 aromatic heterocycles. The summed E-state index contributed by atoms with van der Waals surface area (Å²) in [6, 6.07) is 10.7. The SMILES string of the molecule is CN(c1ccccc1)S(=O)(=O)c1cc(N)c(F)cc1Br. The molecule has 0 bridgehead atoms. The molecule has 0 saturated carbocycles. The van der Waals surface area contributed by atoms with Crippen LogP contribution in [0.1, 0.15) is 0 Å².